The number of halogens is 3. The lowest BCUT2D eigenvalue weighted by Gasteiger charge is -2.34. The fourth-order valence-electron chi connectivity index (χ4n) is 3.41. The first-order chi connectivity index (χ1) is 13.9. The minimum Gasteiger partial charge on any atom is -0.353 e. The number of amides is 1. The van der Waals surface area contributed by atoms with Gasteiger partial charge < -0.3 is 10.2 Å². The van der Waals surface area contributed by atoms with Crippen molar-refractivity contribution >= 4 is 17.4 Å². The highest BCUT2D eigenvalue weighted by Crippen LogP contribution is 2.38. The van der Waals surface area contributed by atoms with Gasteiger partial charge in [-0.2, -0.15) is 18.3 Å². The number of alkyl halides is 3. The normalized spacial score (nSPS) is 18.0. The monoisotopic (exact) mass is 405 g/mol. The zero-order valence-corrected chi connectivity index (χ0v) is 15.8. The SMILES string of the molecule is O=C(CN1CCN(c2ccc(C3CC3)nn2)CC1)Nc1cccc(C(F)(F)F)c1. The summed E-state index contributed by atoms with van der Waals surface area (Å²) in [4.78, 5) is 16.3. The highest BCUT2D eigenvalue weighted by molar-refractivity contribution is 5.92. The third-order valence-corrected chi connectivity index (χ3v) is 5.20. The molecular weight excluding hydrogens is 383 g/mol. The molecule has 0 bridgehead atoms. The molecule has 0 unspecified atom stereocenters. The van der Waals surface area contributed by atoms with Crippen molar-refractivity contribution in [3.05, 3.63) is 47.7 Å². The average Bonchev–Trinajstić information content (AvgIpc) is 3.54. The van der Waals surface area contributed by atoms with Crippen molar-refractivity contribution in [1.29, 1.82) is 0 Å². The van der Waals surface area contributed by atoms with Crippen LogP contribution in [0.15, 0.2) is 36.4 Å². The number of aromatic nitrogens is 2. The summed E-state index contributed by atoms with van der Waals surface area (Å²) in [6.07, 6.45) is -2.05. The Hall–Kier alpha value is -2.68. The first-order valence-corrected chi connectivity index (χ1v) is 9.66. The Morgan fingerprint density at radius 3 is 2.45 bits per heavy atom. The number of rotatable bonds is 5. The molecule has 2 aromatic rings. The van der Waals surface area contributed by atoms with Gasteiger partial charge in [0.25, 0.3) is 0 Å². The molecule has 2 aliphatic rings. The van der Waals surface area contributed by atoms with Crippen molar-refractivity contribution < 1.29 is 18.0 Å². The lowest BCUT2D eigenvalue weighted by atomic mass is 10.2. The van der Waals surface area contributed by atoms with Crippen LogP contribution < -0.4 is 10.2 Å². The number of anilines is 2. The zero-order chi connectivity index (χ0) is 20.4. The third kappa shape index (κ3) is 5.03. The van der Waals surface area contributed by atoms with Gasteiger partial charge in [0.2, 0.25) is 5.91 Å². The molecule has 1 saturated heterocycles. The summed E-state index contributed by atoms with van der Waals surface area (Å²) in [6, 6.07) is 8.70. The summed E-state index contributed by atoms with van der Waals surface area (Å²) < 4.78 is 38.4. The molecule has 2 heterocycles. The number of hydrogen-bond acceptors (Lipinski definition) is 5. The van der Waals surface area contributed by atoms with Crippen LogP contribution in [0.3, 0.4) is 0 Å². The van der Waals surface area contributed by atoms with E-state index < -0.39 is 11.7 Å². The van der Waals surface area contributed by atoms with Crippen LogP contribution in [0, 0.1) is 0 Å². The Labute approximate surface area is 166 Å². The second kappa shape index (κ2) is 7.98. The van der Waals surface area contributed by atoms with Crippen LogP contribution in [0.1, 0.15) is 30.0 Å². The standard InChI is InChI=1S/C20H22F3N5O/c21-20(22,23)15-2-1-3-16(12-15)24-19(29)13-27-8-10-28(11-9-27)18-7-6-17(25-26-18)14-4-5-14/h1-3,6-7,12,14H,4-5,8-11,13H2,(H,24,29). The minimum atomic E-state index is -4.43. The molecule has 0 atom stereocenters. The van der Waals surface area contributed by atoms with Crippen molar-refractivity contribution in [3.63, 3.8) is 0 Å². The summed E-state index contributed by atoms with van der Waals surface area (Å²) in [6.45, 7) is 2.91. The van der Waals surface area contributed by atoms with Gasteiger partial charge in [0, 0.05) is 37.8 Å². The second-order valence-electron chi connectivity index (χ2n) is 7.48. The minimum absolute atomic E-state index is 0.135. The summed E-state index contributed by atoms with van der Waals surface area (Å²) in [7, 11) is 0. The van der Waals surface area contributed by atoms with Gasteiger partial charge in [-0.05, 0) is 43.2 Å². The van der Waals surface area contributed by atoms with E-state index in [9.17, 15) is 18.0 Å². The number of nitrogens with one attached hydrogen (secondary N) is 1. The fourth-order valence-corrected chi connectivity index (χ4v) is 3.41. The van der Waals surface area contributed by atoms with Crippen molar-refractivity contribution in [2.45, 2.75) is 24.9 Å². The number of benzene rings is 1. The van der Waals surface area contributed by atoms with Gasteiger partial charge in [0.15, 0.2) is 5.82 Å². The molecule has 1 aromatic heterocycles. The molecule has 1 aliphatic heterocycles. The maximum absolute atomic E-state index is 12.8. The van der Waals surface area contributed by atoms with Gasteiger partial charge in [-0.3, -0.25) is 9.69 Å². The maximum Gasteiger partial charge on any atom is 0.416 e. The van der Waals surface area contributed by atoms with Crippen molar-refractivity contribution in [3.8, 4) is 0 Å². The molecule has 9 heteroatoms. The van der Waals surface area contributed by atoms with Gasteiger partial charge in [-0.25, -0.2) is 0 Å². The molecule has 0 spiro atoms. The van der Waals surface area contributed by atoms with Crippen LogP contribution in [0.2, 0.25) is 0 Å². The van der Waals surface area contributed by atoms with Crippen LogP contribution >= 0.6 is 0 Å². The summed E-state index contributed by atoms with van der Waals surface area (Å²) in [5.41, 5.74) is 0.422. The Bertz CT molecular complexity index is 859. The van der Waals surface area contributed by atoms with E-state index in [4.69, 9.17) is 0 Å². The molecule has 2 fully saturated rings. The largest absolute Gasteiger partial charge is 0.416 e. The molecule has 1 amide bonds. The first-order valence-electron chi connectivity index (χ1n) is 9.66. The molecule has 4 rings (SSSR count). The van der Waals surface area contributed by atoms with Gasteiger partial charge in [0.05, 0.1) is 17.8 Å². The van der Waals surface area contributed by atoms with Crippen LogP contribution in [0.5, 0.6) is 0 Å². The molecule has 154 valence electrons. The van der Waals surface area contributed by atoms with Crippen molar-refractivity contribution in [2.24, 2.45) is 0 Å². The van der Waals surface area contributed by atoms with Crippen LogP contribution in [-0.2, 0) is 11.0 Å². The van der Waals surface area contributed by atoms with Gasteiger partial charge >= 0.3 is 6.18 Å². The van der Waals surface area contributed by atoms with Crippen LogP contribution in [0.4, 0.5) is 24.7 Å². The molecule has 0 radical (unpaired) electrons. The number of hydrogen-bond donors (Lipinski definition) is 1. The lowest BCUT2D eigenvalue weighted by Crippen LogP contribution is -2.49. The number of nitrogens with zero attached hydrogens (tertiary/aromatic N) is 4. The van der Waals surface area contributed by atoms with E-state index in [2.05, 4.69) is 20.4 Å². The number of carbonyl (C=O) groups excluding carboxylic acids is 1. The molecule has 1 aliphatic carbocycles. The van der Waals surface area contributed by atoms with E-state index in [0.29, 0.717) is 32.1 Å². The van der Waals surface area contributed by atoms with Gasteiger partial charge in [0.1, 0.15) is 0 Å². The van der Waals surface area contributed by atoms with E-state index >= 15 is 0 Å². The topological polar surface area (TPSA) is 61.4 Å². The van der Waals surface area contributed by atoms with Gasteiger partial charge in [-0.1, -0.05) is 6.07 Å². The van der Waals surface area contributed by atoms with Crippen molar-refractivity contribution in [1.82, 2.24) is 15.1 Å². The Morgan fingerprint density at radius 1 is 1.07 bits per heavy atom. The average molecular weight is 405 g/mol. The van der Waals surface area contributed by atoms with Crippen LogP contribution in [0.25, 0.3) is 0 Å². The van der Waals surface area contributed by atoms with Crippen molar-refractivity contribution in [2.75, 3.05) is 42.9 Å². The second-order valence-corrected chi connectivity index (χ2v) is 7.48. The summed E-state index contributed by atoms with van der Waals surface area (Å²) >= 11 is 0. The fraction of sp³-hybridized carbons (Fsp3) is 0.450. The molecular formula is C20H22F3N5O. The van der Waals surface area contributed by atoms with E-state index in [1.165, 1.54) is 25.0 Å². The predicted molar refractivity (Wildman–Crippen MR) is 103 cm³/mol. The molecule has 1 N–H and O–H groups in total. The van der Waals surface area contributed by atoms with E-state index in [-0.39, 0.29) is 18.1 Å². The van der Waals surface area contributed by atoms with E-state index in [1.54, 1.807) is 0 Å². The summed E-state index contributed by atoms with van der Waals surface area (Å²) in [5.74, 6) is 1.08. The molecule has 29 heavy (non-hydrogen) atoms. The molecule has 6 nitrogen and oxygen atoms in total. The number of carbonyl (C=O) groups is 1. The predicted octanol–water partition coefficient (Wildman–Crippen LogP) is 3.13. The highest BCUT2D eigenvalue weighted by atomic mass is 19.4. The Morgan fingerprint density at radius 2 is 1.83 bits per heavy atom. The lowest BCUT2D eigenvalue weighted by molar-refractivity contribution is -0.137. The first kappa shape index (κ1) is 19.6. The van der Waals surface area contributed by atoms with Crippen LogP contribution in [-0.4, -0.2) is 53.7 Å². The summed E-state index contributed by atoms with van der Waals surface area (Å²) in [5, 5.41) is 11.2. The smallest absolute Gasteiger partial charge is 0.353 e. The van der Waals surface area contributed by atoms with Gasteiger partial charge in [-0.15, -0.1) is 5.10 Å². The maximum atomic E-state index is 12.8. The van der Waals surface area contributed by atoms with E-state index in [0.717, 1.165) is 23.6 Å². The molecule has 1 aromatic carbocycles. The zero-order valence-electron chi connectivity index (χ0n) is 15.8. The highest BCUT2D eigenvalue weighted by Gasteiger charge is 2.30. The number of piperazine rings is 1. The third-order valence-electron chi connectivity index (χ3n) is 5.20. The Kier molecular flexibility index (Phi) is 5.40. The van der Waals surface area contributed by atoms with E-state index in [1.807, 2.05) is 17.0 Å². The quantitative estimate of drug-likeness (QED) is 0.828. The molecule has 1 saturated carbocycles. The Balaban J connectivity index is 1.26.